The van der Waals surface area contributed by atoms with Gasteiger partial charge in [-0.15, -0.1) is 0 Å². The van der Waals surface area contributed by atoms with Gasteiger partial charge in [-0.25, -0.2) is 0 Å². The van der Waals surface area contributed by atoms with Crippen LogP contribution in [0.4, 0.5) is 0 Å². The molecule has 1 fully saturated rings. The molecule has 0 bridgehead atoms. The highest BCUT2D eigenvalue weighted by atomic mass is 79.9. The molecular formula is C12H17BrN2O. The Morgan fingerprint density at radius 3 is 3.06 bits per heavy atom. The van der Waals surface area contributed by atoms with Gasteiger partial charge in [-0.1, -0.05) is 0 Å². The molecule has 1 aliphatic heterocycles. The number of hydrogen-bond acceptors (Lipinski definition) is 3. The molecule has 0 aromatic carbocycles. The van der Waals surface area contributed by atoms with Crippen molar-refractivity contribution in [3.8, 4) is 0 Å². The molecule has 1 atom stereocenters. The van der Waals surface area contributed by atoms with Crippen LogP contribution >= 0.6 is 15.9 Å². The highest BCUT2D eigenvalue weighted by Crippen LogP contribution is 2.18. The zero-order chi connectivity index (χ0) is 11.4. The molecule has 1 N–H and O–H groups in total. The zero-order valence-corrected chi connectivity index (χ0v) is 11.1. The Bertz CT molecular complexity index is 333. The fourth-order valence-corrected chi connectivity index (χ4v) is 2.12. The van der Waals surface area contributed by atoms with Crippen molar-refractivity contribution in [1.29, 1.82) is 0 Å². The standard InChI is InChI=1S/C12H17BrN2O/c1-12(5-2-6-16-9-12)15-8-11-4-3-10(13)7-14-11/h3-4,7,15H,2,5-6,8-9H2,1H3. The van der Waals surface area contributed by atoms with Crippen LogP contribution in [0.5, 0.6) is 0 Å². The normalized spacial score (nSPS) is 25.6. The summed E-state index contributed by atoms with van der Waals surface area (Å²) in [5, 5.41) is 3.53. The minimum absolute atomic E-state index is 0.104. The summed E-state index contributed by atoms with van der Waals surface area (Å²) in [6.45, 7) is 4.70. The lowest BCUT2D eigenvalue weighted by atomic mass is 9.95. The van der Waals surface area contributed by atoms with Crippen LogP contribution in [-0.2, 0) is 11.3 Å². The second-order valence-electron chi connectivity index (χ2n) is 4.54. The smallest absolute Gasteiger partial charge is 0.0645 e. The zero-order valence-electron chi connectivity index (χ0n) is 9.50. The van der Waals surface area contributed by atoms with Crippen molar-refractivity contribution in [1.82, 2.24) is 10.3 Å². The van der Waals surface area contributed by atoms with Gasteiger partial charge in [0.05, 0.1) is 12.3 Å². The number of hydrogen-bond donors (Lipinski definition) is 1. The van der Waals surface area contributed by atoms with Crippen LogP contribution < -0.4 is 5.32 Å². The van der Waals surface area contributed by atoms with E-state index in [0.29, 0.717) is 0 Å². The van der Waals surface area contributed by atoms with Crippen LogP contribution in [0.1, 0.15) is 25.5 Å². The van der Waals surface area contributed by atoms with Crippen molar-refractivity contribution in [2.45, 2.75) is 31.8 Å². The highest BCUT2D eigenvalue weighted by Gasteiger charge is 2.26. The summed E-state index contributed by atoms with van der Waals surface area (Å²) >= 11 is 3.38. The van der Waals surface area contributed by atoms with Crippen LogP contribution in [0.3, 0.4) is 0 Å². The van der Waals surface area contributed by atoms with E-state index in [1.165, 1.54) is 6.42 Å². The molecule has 1 aliphatic rings. The maximum atomic E-state index is 5.50. The summed E-state index contributed by atoms with van der Waals surface area (Å²) in [6, 6.07) is 4.05. The third-order valence-corrected chi connectivity index (χ3v) is 3.39. The summed E-state index contributed by atoms with van der Waals surface area (Å²) in [4.78, 5) is 4.34. The second-order valence-corrected chi connectivity index (χ2v) is 5.45. The molecule has 1 aromatic rings. The summed E-state index contributed by atoms with van der Waals surface area (Å²) in [6.07, 6.45) is 4.14. The third kappa shape index (κ3) is 3.27. The van der Waals surface area contributed by atoms with Crippen LogP contribution in [0.25, 0.3) is 0 Å². The number of nitrogens with one attached hydrogen (secondary N) is 1. The molecule has 1 unspecified atom stereocenters. The third-order valence-electron chi connectivity index (χ3n) is 2.92. The quantitative estimate of drug-likeness (QED) is 0.926. The van der Waals surface area contributed by atoms with E-state index >= 15 is 0 Å². The summed E-state index contributed by atoms with van der Waals surface area (Å²) in [7, 11) is 0. The predicted octanol–water partition coefficient (Wildman–Crippen LogP) is 2.50. The Morgan fingerprint density at radius 1 is 1.56 bits per heavy atom. The molecule has 1 aromatic heterocycles. The fraction of sp³-hybridized carbons (Fsp3) is 0.583. The van der Waals surface area contributed by atoms with Crippen molar-refractivity contribution < 1.29 is 4.74 Å². The molecule has 16 heavy (non-hydrogen) atoms. The SMILES string of the molecule is CC1(NCc2ccc(Br)cn2)CCCOC1. The predicted molar refractivity (Wildman–Crippen MR) is 67.2 cm³/mol. The number of nitrogens with zero attached hydrogens (tertiary/aromatic N) is 1. The van der Waals surface area contributed by atoms with Crippen molar-refractivity contribution in [2.75, 3.05) is 13.2 Å². The van der Waals surface area contributed by atoms with Gasteiger partial charge < -0.3 is 10.1 Å². The average Bonchev–Trinajstić information content (AvgIpc) is 2.29. The van der Waals surface area contributed by atoms with Gasteiger partial charge in [0.25, 0.3) is 0 Å². The molecule has 0 amide bonds. The Morgan fingerprint density at radius 2 is 2.44 bits per heavy atom. The van der Waals surface area contributed by atoms with E-state index in [0.717, 1.165) is 36.3 Å². The minimum atomic E-state index is 0.104. The van der Waals surface area contributed by atoms with Gasteiger partial charge in [-0.2, -0.15) is 0 Å². The number of ether oxygens (including phenoxy) is 1. The van der Waals surface area contributed by atoms with E-state index in [1.807, 2.05) is 18.3 Å². The van der Waals surface area contributed by atoms with Crippen LogP contribution in [0, 0.1) is 0 Å². The van der Waals surface area contributed by atoms with Crippen LogP contribution in [0.2, 0.25) is 0 Å². The molecule has 0 spiro atoms. The van der Waals surface area contributed by atoms with Crippen LogP contribution in [-0.4, -0.2) is 23.7 Å². The van der Waals surface area contributed by atoms with Crippen molar-refractivity contribution in [3.05, 3.63) is 28.5 Å². The first-order valence-corrected chi connectivity index (χ1v) is 6.40. The lowest BCUT2D eigenvalue weighted by molar-refractivity contribution is 0.0276. The molecular weight excluding hydrogens is 268 g/mol. The van der Waals surface area contributed by atoms with Crippen LogP contribution in [0.15, 0.2) is 22.8 Å². The second kappa shape index (κ2) is 5.25. The molecule has 4 heteroatoms. The number of rotatable bonds is 3. The van der Waals surface area contributed by atoms with Gasteiger partial charge >= 0.3 is 0 Å². The molecule has 0 aliphatic carbocycles. The van der Waals surface area contributed by atoms with E-state index in [9.17, 15) is 0 Å². The lowest BCUT2D eigenvalue weighted by Gasteiger charge is -2.34. The molecule has 1 saturated heterocycles. The van der Waals surface area contributed by atoms with E-state index in [1.54, 1.807) is 0 Å². The van der Waals surface area contributed by atoms with Crippen molar-refractivity contribution in [2.24, 2.45) is 0 Å². The first-order valence-electron chi connectivity index (χ1n) is 5.61. The summed E-state index contributed by atoms with van der Waals surface area (Å²) in [5.41, 5.74) is 1.17. The first-order chi connectivity index (χ1) is 7.68. The highest BCUT2D eigenvalue weighted by molar-refractivity contribution is 9.10. The largest absolute Gasteiger partial charge is 0.380 e. The minimum Gasteiger partial charge on any atom is -0.380 e. The van der Waals surface area contributed by atoms with Gasteiger partial charge in [0.1, 0.15) is 0 Å². The molecule has 0 saturated carbocycles. The average molecular weight is 285 g/mol. The summed E-state index contributed by atoms with van der Waals surface area (Å²) < 4.78 is 6.52. The Balaban J connectivity index is 1.88. The molecule has 3 nitrogen and oxygen atoms in total. The Kier molecular flexibility index (Phi) is 3.95. The van der Waals surface area contributed by atoms with Gasteiger partial charge in [0.2, 0.25) is 0 Å². The molecule has 2 rings (SSSR count). The monoisotopic (exact) mass is 284 g/mol. The van der Waals surface area contributed by atoms with E-state index in [2.05, 4.69) is 33.2 Å². The maximum Gasteiger partial charge on any atom is 0.0645 e. The number of pyridine rings is 1. The fourth-order valence-electron chi connectivity index (χ4n) is 1.89. The topological polar surface area (TPSA) is 34.2 Å². The Hall–Kier alpha value is -0.450. The van der Waals surface area contributed by atoms with Gasteiger partial charge in [0.15, 0.2) is 0 Å². The van der Waals surface area contributed by atoms with Gasteiger partial charge in [0, 0.05) is 29.4 Å². The van der Waals surface area contributed by atoms with Gasteiger partial charge in [-0.3, -0.25) is 4.98 Å². The van der Waals surface area contributed by atoms with Crippen molar-refractivity contribution in [3.63, 3.8) is 0 Å². The van der Waals surface area contributed by atoms with E-state index in [4.69, 9.17) is 4.74 Å². The number of aromatic nitrogens is 1. The van der Waals surface area contributed by atoms with E-state index < -0.39 is 0 Å². The van der Waals surface area contributed by atoms with Gasteiger partial charge in [-0.05, 0) is 47.8 Å². The molecule has 88 valence electrons. The molecule has 2 heterocycles. The lowest BCUT2D eigenvalue weighted by Crippen LogP contribution is -2.48. The maximum absolute atomic E-state index is 5.50. The first kappa shape index (κ1) is 12.0. The summed E-state index contributed by atoms with van der Waals surface area (Å²) in [5.74, 6) is 0. The van der Waals surface area contributed by atoms with E-state index in [-0.39, 0.29) is 5.54 Å². The molecule has 0 radical (unpaired) electrons. The van der Waals surface area contributed by atoms with Crippen molar-refractivity contribution >= 4 is 15.9 Å². The Labute approximate surface area is 105 Å². The number of halogens is 1.